The first-order valence-electron chi connectivity index (χ1n) is 6.87. The summed E-state index contributed by atoms with van der Waals surface area (Å²) < 4.78 is 1.19. The van der Waals surface area contributed by atoms with Gasteiger partial charge in [-0.15, -0.1) is 10.2 Å². The summed E-state index contributed by atoms with van der Waals surface area (Å²) in [6.07, 6.45) is 0. The van der Waals surface area contributed by atoms with Crippen LogP contribution in [0.15, 0.2) is 35.1 Å². The number of benzene rings is 1. The van der Waals surface area contributed by atoms with Gasteiger partial charge in [-0.3, -0.25) is 19.3 Å². The van der Waals surface area contributed by atoms with Crippen molar-refractivity contribution >= 4 is 28.1 Å². The molecule has 3 heterocycles. The van der Waals surface area contributed by atoms with Gasteiger partial charge in [-0.05, 0) is 12.5 Å². The number of rotatable bonds is 2. The summed E-state index contributed by atoms with van der Waals surface area (Å²) in [7, 11) is 0. The Morgan fingerprint density at radius 3 is 2.52 bits per heavy atom. The Labute approximate surface area is 133 Å². The van der Waals surface area contributed by atoms with Gasteiger partial charge in [0.15, 0.2) is 0 Å². The van der Waals surface area contributed by atoms with Crippen molar-refractivity contribution in [2.75, 3.05) is 0 Å². The highest BCUT2D eigenvalue weighted by atomic mass is 32.1. The van der Waals surface area contributed by atoms with Gasteiger partial charge in [-0.2, -0.15) is 0 Å². The summed E-state index contributed by atoms with van der Waals surface area (Å²) in [6.45, 7) is 1.70. The fraction of sp³-hybridized carbons (Fsp3) is 0.133. The molecule has 0 unspecified atom stereocenters. The van der Waals surface area contributed by atoms with E-state index in [1.807, 2.05) is 30.3 Å². The Balaban J connectivity index is 1.84. The van der Waals surface area contributed by atoms with Gasteiger partial charge in [0.25, 0.3) is 17.4 Å². The summed E-state index contributed by atoms with van der Waals surface area (Å²) >= 11 is 1.01. The molecule has 114 valence electrons. The quantitative estimate of drug-likeness (QED) is 0.662. The average molecular weight is 326 g/mol. The highest BCUT2D eigenvalue weighted by molar-refractivity contribution is 7.19. The molecule has 0 spiro atoms. The lowest BCUT2D eigenvalue weighted by Crippen LogP contribution is -2.31. The molecule has 4 rings (SSSR count). The van der Waals surface area contributed by atoms with Crippen molar-refractivity contribution in [2.24, 2.45) is 0 Å². The van der Waals surface area contributed by atoms with Gasteiger partial charge in [0.2, 0.25) is 4.96 Å². The van der Waals surface area contributed by atoms with Gasteiger partial charge in [-0.25, -0.2) is 4.40 Å². The van der Waals surface area contributed by atoms with Crippen molar-refractivity contribution in [3.8, 4) is 0 Å². The first-order valence-corrected chi connectivity index (χ1v) is 7.68. The topological polar surface area (TPSA) is 84.6 Å². The first kappa shape index (κ1) is 13.8. The van der Waals surface area contributed by atoms with Gasteiger partial charge < -0.3 is 0 Å². The standard InChI is InChI=1S/C15H10N4O3S/c1-8-12(20)19-10-11(23-15(19)17-16-8)14(22)18(13(10)21)7-9-5-3-2-4-6-9/h2-6H,7H2,1H3. The fourth-order valence-corrected chi connectivity index (χ4v) is 3.55. The maximum atomic E-state index is 12.7. The van der Waals surface area contributed by atoms with Crippen LogP contribution in [0.25, 0.3) is 4.96 Å². The van der Waals surface area contributed by atoms with Crippen LogP contribution in [-0.4, -0.2) is 31.3 Å². The average Bonchev–Trinajstić information content (AvgIpc) is 3.04. The summed E-state index contributed by atoms with van der Waals surface area (Å²) in [5, 5.41) is 7.64. The zero-order chi connectivity index (χ0) is 16.1. The highest BCUT2D eigenvalue weighted by Gasteiger charge is 2.40. The second-order valence-corrected chi connectivity index (χ2v) is 6.15. The van der Waals surface area contributed by atoms with Gasteiger partial charge in [0.05, 0.1) is 6.54 Å². The Kier molecular flexibility index (Phi) is 2.88. The van der Waals surface area contributed by atoms with Crippen LogP contribution in [0.1, 0.15) is 31.4 Å². The van der Waals surface area contributed by atoms with E-state index < -0.39 is 17.4 Å². The minimum absolute atomic E-state index is 0.0916. The van der Waals surface area contributed by atoms with Gasteiger partial charge >= 0.3 is 0 Å². The van der Waals surface area contributed by atoms with E-state index in [2.05, 4.69) is 10.2 Å². The molecule has 2 aromatic heterocycles. The molecule has 1 aliphatic heterocycles. The van der Waals surface area contributed by atoms with Crippen molar-refractivity contribution in [3.63, 3.8) is 0 Å². The van der Waals surface area contributed by atoms with Crippen molar-refractivity contribution in [3.05, 3.63) is 62.5 Å². The lowest BCUT2D eigenvalue weighted by atomic mass is 10.2. The molecule has 2 amide bonds. The number of thiazole rings is 1. The molecular formula is C15H10N4O3S. The largest absolute Gasteiger partial charge is 0.280 e. The van der Waals surface area contributed by atoms with Crippen molar-refractivity contribution in [2.45, 2.75) is 13.5 Å². The van der Waals surface area contributed by atoms with Crippen LogP contribution in [0, 0.1) is 6.92 Å². The number of hydrogen-bond acceptors (Lipinski definition) is 6. The van der Waals surface area contributed by atoms with E-state index >= 15 is 0 Å². The van der Waals surface area contributed by atoms with Crippen molar-refractivity contribution in [1.82, 2.24) is 19.5 Å². The highest BCUT2D eigenvalue weighted by Crippen LogP contribution is 2.30. The van der Waals surface area contributed by atoms with E-state index in [0.717, 1.165) is 21.8 Å². The number of hydrogen-bond donors (Lipinski definition) is 0. The van der Waals surface area contributed by atoms with Crippen molar-refractivity contribution in [1.29, 1.82) is 0 Å². The van der Waals surface area contributed by atoms with Gasteiger partial charge in [0.1, 0.15) is 16.3 Å². The van der Waals surface area contributed by atoms with E-state index in [0.29, 0.717) is 0 Å². The molecule has 7 nitrogen and oxygen atoms in total. The molecule has 1 aromatic carbocycles. The van der Waals surface area contributed by atoms with E-state index in [1.165, 1.54) is 11.3 Å². The Morgan fingerprint density at radius 1 is 1.04 bits per heavy atom. The van der Waals surface area contributed by atoms with Crippen LogP contribution in [0.5, 0.6) is 0 Å². The normalized spacial score (nSPS) is 13.9. The molecule has 0 bridgehead atoms. The molecule has 23 heavy (non-hydrogen) atoms. The second kappa shape index (κ2) is 4.82. The second-order valence-electron chi connectivity index (χ2n) is 5.17. The van der Waals surface area contributed by atoms with E-state index in [4.69, 9.17) is 0 Å². The zero-order valence-corrected chi connectivity index (χ0v) is 12.8. The number of carbonyl (C=O) groups is 2. The predicted molar refractivity (Wildman–Crippen MR) is 82.5 cm³/mol. The van der Waals surface area contributed by atoms with E-state index in [-0.39, 0.29) is 27.8 Å². The summed E-state index contributed by atoms with van der Waals surface area (Å²) in [5.74, 6) is -0.879. The number of fused-ring (bicyclic) bond motifs is 3. The molecule has 3 aromatic rings. The third-order valence-electron chi connectivity index (χ3n) is 3.69. The molecule has 0 fully saturated rings. The van der Waals surface area contributed by atoms with Crippen LogP contribution < -0.4 is 5.56 Å². The molecule has 0 saturated carbocycles. The van der Waals surface area contributed by atoms with E-state index in [1.54, 1.807) is 0 Å². The molecule has 8 heteroatoms. The molecular weight excluding hydrogens is 316 g/mol. The maximum absolute atomic E-state index is 12.7. The Bertz CT molecular complexity index is 1020. The smallest absolute Gasteiger partial charge is 0.268 e. The van der Waals surface area contributed by atoms with Crippen LogP contribution in [-0.2, 0) is 6.54 Å². The third-order valence-corrected chi connectivity index (χ3v) is 4.71. The number of aromatic nitrogens is 3. The lowest BCUT2D eigenvalue weighted by molar-refractivity contribution is 0.0641. The fourth-order valence-electron chi connectivity index (χ4n) is 2.55. The number of aryl methyl sites for hydroxylation is 1. The monoisotopic (exact) mass is 326 g/mol. The SMILES string of the molecule is Cc1nnc2sc3c(n2c1=O)C(=O)N(Cc1ccccc1)C3=O. The van der Waals surface area contributed by atoms with E-state index in [9.17, 15) is 14.4 Å². The minimum Gasteiger partial charge on any atom is -0.268 e. The Morgan fingerprint density at radius 2 is 1.78 bits per heavy atom. The molecule has 0 N–H and O–H groups in total. The van der Waals surface area contributed by atoms with Gasteiger partial charge in [0, 0.05) is 0 Å². The van der Waals surface area contributed by atoms with Crippen LogP contribution in [0.4, 0.5) is 0 Å². The van der Waals surface area contributed by atoms with Crippen LogP contribution in [0.3, 0.4) is 0 Å². The summed E-state index contributed by atoms with van der Waals surface area (Å²) in [6, 6.07) is 9.23. The zero-order valence-electron chi connectivity index (χ0n) is 12.0. The summed E-state index contributed by atoms with van der Waals surface area (Å²) in [5.41, 5.74) is 0.700. The number of nitrogens with zero attached hydrogens (tertiary/aromatic N) is 4. The third kappa shape index (κ3) is 1.92. The molecule has 0 radical (unpaired) electrons. The number of amides is 2. The molecule has 0 atom stereocenters. The number of imide groups is 1. The molecule has 0 aliphatic carbocycles. The van der Waals surface area contributed by atoms with Crippen LogP contribution >= 0.6 is 11.3 Å². The molecule has 1 aliphatic rings. The predicted octanol–water partition coefficient (Wildman–Crippen LogP) is 1.26. The number of carbonyl (C=O) groups excluding carboxylic acids is 2. The Hall–Kier alpha value is -2.87. The first-order chi connectivity index (χ1) is 11.1. The maximum Gasteiger partial charge on any atom is 0.280 e. The summed E-state index contributed by atoms with van der Waals surface area (Å²) in [4.78, 5) is 39.1. The van der Waals surface area contributed by atoms with Crippen LogP contribution in [0.2, 0.25) is 0 Å². The lowest BCUT2D eigenvalue weighted by Gasteiger charge is -2.13. The molecule has 0 saturated heterocycles. The van der Waals surface area contributed by atoms with Gasteiger partial charge in [-0.1, -0.05) is 41.7 Å². The van der Waals surface area contributed by atoms with Crippen molar-refractivity contribution < 1.29 is 9.59 Å². The minimum atomic E-state index is -0.477.